The van der Waals surface area contributed by atoms with Crippen LogP contribution in [0.1, 0.15) is 43.5 Å². The molecule has 0 spiro atoms. The first-order valence-corrected chi connectivity index (χ1v) is 6.71. The molecule has 1 amide bonds. The van der Waals surface area contributed by atoms with Crippen LogP contribution >= 0.6 is 0 Å². The molecule has 1 fully saturated rings. The molecule has 0 aliphatic heterocycles. The molecule has 98 valence electrons. The Morgan fingerprint density at radius 3 is 2.83 bits per heavy atom. The number of hydrogen-bond donors (Lipinski definition) is 2. The summed E-state index contributed by atoms with van der Waals surface area (Å²) in [5.41, 5.74) is 0.629. The van der Waals surface area contributed by atoms with E-state index in [9.17, 15) is 4.79 Å². The second kappa shape index (κ2) is 5.85. The molecular formula is C14H21N3O. The summed E-state index contributed by atoms with van der Waals surface area (Å²) in [5, 5.41) is 6.21. The third-order valence-corrected chi connectivity index (χ3v) is 3.27. The summed E-state index contributed by atoms with van der Waals surface area (Å²) in [5.74, 6) is 1.47. The van der Waals surface area contributed by atoms with Crippen LogP contribution < -0.4 is 10.6 Å². The number of carbonyl (C=O) groups excluding carboxylic acids is 1. The van der Waals surface area contributed by atoms with E-state index in [1.807, 2.05) is 12.1 Å². The average Bonchev–Trinajstić information content (AvgIpc) is 3.21. The van der Waals surface area contributed by atoms with E-state index in [1.54, 1.807) is 6.20 Å². The summed E-state index contributed by atoms with van der Waals surface area (Å²) >= 11 is 0. The highest BCUT2D eigenvalue weighted by Crippen LogP contribution is 2.32. The number of pyridine rings is 1. The summed E-state index contributed by atoms with van der Waals surface area (Å²) in [4.78, 5) is 16.2. The number of amides is 1. The Balaban J connectivity index is 1.89. The van der Waals surface area contributed by atoms with Crippen molar-refractivity contribution in [2.24, 2.45) is 5.92 Å². The molecule has 2 N–H and O–H groups in total. The monoisotopic (exact) mass is 247 g/mol. The number of aromatic nitrogens is 1. The van der Waals surface area contributed by atoms with Crippen LogP contribution in [-0.2, 0) is 0 Å². The first-order valence-electron chi connectivity index (χ1n) is 6.71. The van der Waals surface area contributed by atoms with Crippen molar-refractivity contribution in [2.75, 3.05) is 11.9 Å². The molecule has 2 rings (SSSR count). The number of nitrogens with zero attached hydrogens (tertiary/aromatic N) is 1. The number of anilines is 1. The van der Waals surface area contributed by atoms with Crippen LogP contribution in [0, 0.1) is 5.92 Å². The molecule has 1 unspecified atom stereocenters. The van der Waals surface area contributed by atoms with Crippen molar-refractivity contribution in [3.05, 3.63) is 23.9 Å². The number of rotatable bonds is 6. The molecule has 4 nitrogen and oxygen atoms in total. The quantitative estimate of drug-likeness (QED) is 0.811. The van der Waals surface area contributed by atoms with E-state index >= 15 is 0 Å². The van der Waals surface area contributed by atoms with Gasteiger partial charge in [0.1, 0.15) is 5.82 Å². The zero-order valence-electron chi connectivity index (χ0n) is 11.1. The molecule has 1 aromatic rings. The maximum Gasteiger partial charge on any atom is 0.253 e. The maximum absolute atomic E-state index is 11.9. The molecule has 1 aliphatic carbocycles. The topological polar surface area (TPSA) is 54.0 Å². The van der Waals surface area contributed by atoms with Crippen LogP contribution in [0.5, 0.6) is 0 Å². The molecule has 0 saturated heterocycles. The van der Waals surface area contributed by atoms with Gasteiger partial charge in [0, 0.05) is 18.8 Å². The van der Waals surface area contributed by atoms with E-state index < -0.39 is 0 Å². The minimum Gasteiger partial charge on any atom is -0.370 e. The molecule has 0 bridgehead atoms. The van der Waals surface area contributed by atoms with Gasteiger partial charge in [-0.2, -0.15) is 0 Å². The predicted octanol–water partition coefficient (Wildman–Crippen LogP) is 2.43. The van der Waals surface area contributed by atoms with E-state index in [0.29, 0.717) is 11.5 Å². The van der Waals surface area contributed by atoms with Crippen LogP contribution in [0.4, 0.5) is 5.82 Å². The highest BCUT2D eigenvalue weighted by Gasteiger charge is 2.29. The summed E-state index contributed by atoms with van der Waals surface area (Å²) in [7, 11) is 0. The zero-order valence-corrected chi connectivity index (χ0v) is 11.1. The van der Waals surface area contributed by atoms with Crippen molar-refractivity contribution in [3.63, 3.8) is 0 Å². The van der Waals surface area contributed by atoms with E-state index in [1.165, 1.54) is 12.8 Å². The fourth-order valence-corrected chi connectivity index (χ4v) is 1.89. The highest BCUT2D eigenvalue weighted by molar-refractivity contribution is 5.94. The molecule has 1 aromatic heterocycles. The lowest BCUT2D eigenvalue weighted by atomic mass is 10.2. The predicted molar refractivity (Wildman–Crippen MR) is 72.7 cm³/mol. The van der Waals surface area contributed by atoms with Crippen molar-refractivity contribution >= 4 is 11.7 Å². The van der Waals surface area contributed by atoms with E-state index in [0.717, 1.165) is 18.8 Å². The number of hydrogen-bond acceptors (Lipinski definition) is 3. The minimum absolute atomic E-state index is 0.0241. The lowest BCUT2D eigenvalue weighted by Gasteiger charge is -2.12. The number of nitrogens with one attached hydrogen (secondary N) is 2. The van der Waals surface area contributed by atoms with Crippen molar-refractivity contribution in [3.8, 4) is 0 Å². The van der Waals surface area contributed by atoms with E-state index in [4.69, 9.17) is 0 Å². The second-order valence-electron chi connectivity index (χ2n) is 4.96. The standard InChI is InChI=1S/C14H21N3O/c1-3-8-15-13-7-6-12(9-16-13)14(18)17-10(2)11-4-5-11/h6-7,9-11H,3-5,8H2,1-2H3,(H,15,16)(H,17,18). The van der Waals surface area contributed by atoms with Crippen LogP contribution in [0.15, 0.2) is 18.3 Å². The summed E-state index contributed by atoms with van der Waals surface area (Å²) in [6.07, 6.45) is 5.16. The van der Waals surface area contributed by atoms with Crippen LogP contribution in [-0.4, -0.2) is 23.5 Å². The summed E-state index contributed by atoms with van der Waals surface area (Å²) < 4.78 is 0. The minimum atomic E-state index is -0.0241. The summed E-state index contributed by atoms with van der Waals surface area (Å²) in [6.45, 7) is 5.07. The Kier molecular flexibility index (Phi) is 4.18. The van der Waals surface area contributed by atoms with Crippen molar-refractivity contribution in [2.45, 2.75) is 39.2 Å². The van der Waals surface area contributed by atoms with Gasteiger partial charge in [0.25, 0.3) is 5.91 Å². The molecule has 4 heteroatoms. The average molecular weight is 247 g/mol. The Morgan fingerprint density at radius 2 is 2.28 bits per heavy atom. The van der Waals surface area contributed by atoms with Gasteiger partial charge in [-0.1, -0.05) is 6.92 Å². The van der Waals surface area contributed by atoms with Crippen molar-refractivity contribution in [1.82, 2.24) is 10.3 Å². The van der Waals surface area contributed by atoms with Crippen LogP contribution in [0.2, 0.25) is 0 Å². The maximum atomic E-state index is 11.9. The molecule has 1 heterocycles. The van der Waals surface area contributed by atoms with E-state index in [-0.39, 0.29) is 11.9 Å². The molecule has 1 atom stereocenters. The number of carbonyl (C=O) groups is 1. The smallest absolute Gasteiger partial charge is 0.253 e. The second-order valence-corrected chi connectivity index (χ2v) is 4.96. The van der Waals surface area contributed by atoms with Gasteiger partial charge in [-0.3, -0.25) is 4.79 Å². The first-order chi connectivity index (χ1) is 8.70. The lowest BCUT2D eigenvalue weighted by Crippen LogP contribution is -2.34. The van der Waals surface area contributed by atoms with Gasteiger partial charge in [-0.15, -0.1) is 0 Å². The van der Waals surface area contributed by atoms with Gasteiger partial charge in [-0.05, 0) is 44.2 Å². The zero-order chi connectivity index (χ0) is 13.0. The van der Waals surface area contributed by atoms with Crippen LogP contribution in [0.3, 0.4) is 0 Å². The Morgan fingerprint density at radius 1 is 1.50 bits per heavy atom. The van der Waals surface area contributed by atoms with Gasteiger partial charge in [0.2, 0.25) is 0 Å². The molecule has 0 aromatic carbocycles. The van der Waals surface area contributed by atoms with Crippen molar-refractivity contribution < 1.29 is 4.79 Å². The third-order valence-electron chi connectivity index (χ3n) is 3.27. The molecule has 1 saturated carbocycles. The normalized spacial score (nSPS) is 16.1. The Labute approximate surface area is 108 Å². The van der Waals surface area contributed by atoms with Crippen molar-refractivity contribution in [1.29, 1.82) is 0 Å². The van der Waals surface area contributed by atoms with Gasteiger partial charge >= 0.3 is 0 Å². The molecular weight excluding hydrogens is 226 g/mol. The van der Waals surface area contributed by atoms with E-state index in [2.05, 4.69) is 29.5 Å². The molecule has 0 radical (unpaired) electrons. The molecule has 18 heavy (non-hydrogen) atoms. The fraction of sp³-hybridized carbons (Fsp3) is 0.571. The van der Waals surface area contributed by atoms with Gasteiger partial charge in [-0.25, -0.2) is 4.98 Å². The van der Waals surface area contributed by atoms with Gasteiger partial charge < -0.3 is 10.6 Å². The highest BCUT2D eigenvalue weighted by atomic mass is 16.1. The molecule has 1 aliphatic rings. The van der Waals surface area contributed by atoms with Gasteiger partial charge in [0.15, 0.2) is 0 Å². The Bertz CT molecular complexity index is 398. The largest absolute Gasteiger partial charge is 0.370 e. The SMILES string of the molecule is CCCNc1ccc(C(=O)NC(C)C2CC2)cn1. The fourth-order valence-electron chi connectivity index (χ4n) is 1.89. The van der Waals surface area contributed by atoms with Crippen LogP contribution in [0.25, 0.3) is 0 Å². The summed E-state index contributed by atoms with van der Waals surface area (Å²) in [6, 6.07) is 3.95. The first kappa shape index (κ1) is 12.9. The lowest BCUT2D eigenvalue weighted by molar-refractivity contribution is 0.0935. The third kappa shape index (κ3) is 3.45. The Hall–Kier alpha value is -1.58. The van der Waals surface area contributed by atoms with Gasteiger partial charge in [0.05, 0.1) is 5.56 Å².